The summed E-state index contributed by atoms with van der Waals surface area (Å²) in [6, 6.07) is 5.35. The van der Waals surface area contributed by atoms with Gasteiger partial charge in [0.1, 0.15) is 0 Å². The second kappa shape index (κ2) is 6.62. The van der Waals surface area contributed by atoms with E-state index in [9.17, 15) is 4.79 Å². The quantitative estimate of drug-likeness (QED) is 0.800. The number of hydrogen-bond acceptors (Lipinski definition) is 4. The fourth-order valence-corrected chi connectivity index (χ4v) is 3.11. The Morgan fingerprint density at radius 1 is 1.35 bits per heavy atom. The van der Waals surface area contributed by atoms with Crippen molar-refractivity contribution in [1.82, 2.24) is 14.7 Å². The molecular weight excluding hydrogens is 362 g/mol. The van der Waals surface area contributed by atoms with Gasteiger partial charge in [-0.05, 0) is 28.1 Å². The van der Waals surface area contributed by atoms with Crippen LogP contribution in [0.25, 0.3) is 0 Å². The van der Waals surface area contributed by atoms with E-state index in [1.165, 1.54) is 0 Å². The van der Waals surface area contributed by atoms with Crippen LogP contribution >= 0.6 is 15.9 Å². The lowest BCUT2D eigenvalue weighted by molar-refractivity contribution is 0.0457. The third kappa shape index (κ3) is 3.19. The van der Waals surface area contributed by atoms with E-state index in [0.29, 0.717) is 23.0 Å². The van der Waals surface area contributed by atoms with Gasteiger partial charge in [0.25, 0.3) is 5.91 Å². The number of para-hydroxylation sites is 1. The molecule has 1 aromatic carbocycles. The fourth-order valence-electron chi connectivity index (χ4n) is 2.78. The molecule has 1 aliphatic rings. The average molecular weight is 380 g/mol. The van der Waals surface area contributed by atoms with Crippen LogP contribution in [-0.4, -0.2) is 47.9 Å². The first kappa shape index (κ1) is 15.9. The summed E-state index contributed by atoms with van der Waals surface area (Å²) >= 11 is 3.38. The van der Waals surface area contributed by atoms with Gasteiger partial charge >= 0.3 is 0 Å². The predicted octanol–water partition coefficient (Wildman–Crippen LogP) is 2.44. The number of methoxy groups -OCH3 is 2. The molecule has 0 N–H and O–H groups in total. The van der Waals surface area contributed by atoms with Gasteiger partial charge < -0.3 is 14.4 Å². The standard InChI is InChI=1S/C16H18BrN3O3/c1-22-14-5-3-4-13(15(14)23-2)16(21)19-7-11(8-19)9-20-10-12(17)6-18-20/h3-6,10-11H,7-9H2,1-2H3. The second-order valence-electron chi connectivity index (χ2n) is 5.50. The first-order valence-corrected chi connectivity index (χ1v) is 8.10. The number of aromatic nitrogens is 2. The molecule has 1 saturated heterocycles. The van der Waals surface area contributed by atoms with Gasteiger partial charge in [0, 0.05) is 31.7 Å². The van der Waals surface area contributed by atoms with Gasteiger partial charge in [-0.3, -0.25) is 9.48 Å². The minimum absolute atomic E-state index is 0.0290. The summed E-state index contributed by atoms with van der Waals surface area (Å²) in [5.74, 6) is 1.44. The number of hydrogen-bond donors (Lipinski definition) is 0. The molecule has 23 heavy (non-hydrogen) atoms. The highest BCUT2D eigenvalue weighted by Crippen LogP contribution is 2.33. The number of likely N-dealkylation sites (tertiary alicyclic amines) is 1. The van der Waals surface area contributed by atoms with Crippen molar-refractivity contribution in [2.24, 2.45) is 5.92 Å². The Morgan fingerprint density at radius 2 is 2.13 bits per heavy atom. The molecule has 1 amide bonds. The molecule has 2 aromatic rings. The molecule has 0 atom stereocenters. The van der Waals surface area contributed by atoms with Gasteiger partial charge in [0.15, 0.2) is 11.5 Å². The third-order valence-electron chi connectivity index (χ3n) is 3.92. The van der Waals surface area contributed by atoms with Crippen molar-refractivity contribution >= 4 is 21.8 Å². The molecule has 7 heteroatoms. The number of rotatable bonds is 5. The number of nitrogens with zero attached hydrogens (tertiary/aromatic N) is 3. The van der Waals surface area contributed by atoms with E-state index < -0.39 is 0 Å². The van der Waals surface area contributed by atoms with Gasteiger partial charge in [-0.2, -0.15) is 5.10 Å². The molecule has 0 saturated carbocycles. The Morgan fingerprint density at radius 3 is 2.74 bits per heavy atom. The van der Waals surface area contributed by atoms with E-state index in [0.717, 1.165) is 24.1 Å². The zero-order valence-electron chi connectivity index (χ0n) is 13.0. The first-order valence-electron chi connectivity index (χ1n) is 7.30. The van der Waals surface area contributed by atoms with E-state index in [4.69, 9.17) is 9.47 Å². The fraction of sp³-hybridized carbons (Fsp3) is 0.375. The highest BCUT2D eigenvalue weighted by molar-refractivity contribution is 9.10. The molecule has 0 unspecified atom stereocenters. The van der Waals surface area contributed by atoms with Crippen LogP contribution in [0.5, 0.6) is 11.5 Å². The number of carbonyl (C=O) groups is 1. The summed E-state index contributed by atoms with van der Waals surface area (Å²) in [6.45, 7) is 2.25. The summed E-state index contributed by atoms with van der Waals surface area (Å²) in [6.07, 6.45) is 3.71. The van der Waals surface area contributed by atoms with Crippen molar-refractivity contribution in [3.63, 3.8) is 0 Å². The molecular formula is C16H18BrN3O3. The van der Waals surface area contributed by atoms with Crippen LogP contribution in [0.1, 0.15) is 10.4 Å². The van der Waals surface area contributed by atoms with Gasteiger partial charge in [0.2, 0.25) is 0 Å². The van der Waals surface area contributed by atoms with Crippen molar-refractivity contribution in [2.75, 3.05) is 27.3 Å². The number of ether oxygens (including phenoxy) is 2. The third-order valence-corrected chi connectivity index (χ3v) is 4.33. The van der Waals surface area contributed by atoms with E-state index in [2.05, 4.69) is 21.0 Å². The van der Waals surface area contributed by atoms with E-state index in [1.807, 2.05) is 15.8 Å². The summed E-state index contributed by atoms with van der Waals surface area (Å²) in [5.41, 5.74) is 0.534. The molecule has 0 bridgehead atoms. The SMILES string of the molecule is COc1cccc(C(=O)N2CC(Cn3cc(Br)cn3)C2)c1OC. The van der Waals surface area contributed by atoms with Crippen LogP contribution in [0.2, 0.25) is 0 Å². The van der Waals surface area contributed by atoms with Crippen molar-refractivity contribution in [3.8, 4) is 11.5 Å². The van der Waals surface area contributed by atoms with Gasteiger partial charge in [-0.15, -0.1) is 0 Å². The molecule has 2 heterocycles. The van der Waals surface area contributed by atoms with Crippen LogP contribution in [0, 0.1) is 5.92 Å². The summed E-state index contributed by atoms with van der Waals surface area (Å²) < 4.78 is 13.4. The highest BCUT2D eigenvalue weighted by Gasteiger charge is 2.33. The number of carbonyl (C=O) groups excluding carboxylic acids is 1. The molecule has 122 valence electrons. The van der Waals surface area contributed by atoms with Crippen molar-refractivity contribution in [1.29, 1.82) is 0 Å². The Kier molecular flexibility index (Phi) is 4.56. The zero-order valence-corrected chi connectivity index (χ0v) is 14.6. The van der Waals surface area contributed by atoms with Crippen LogP contribution in [0.4, 0.5) is 0 Å². The lowest BCUT2D eigenvalue weighted by atomic mass is 9.98. The molecule has 6 nitrogen and oxygen atoms in total. The maximum atomic E-state index is 12.6. The van der Waals surface area contributed by atoms with Crippen LogP contribution < -0.4 is 9.47 Å². The van der Waals surface area contributed by atoms with Crippen molar-refractivity contribution in [2.45, 2.75) is 6.54 Å². The van der Waals surface area contributed by atoms with Crippen LogP contribution in [0.3, 0.4) is 0 Å². The lowest BCUT2D eigenvalue weighted by Crippen LogP contribution is -2.51. The molecule has 0 spiro atoms. The van der Waals surface area contributed by atoms with Gasteiger partial charge in [-0.25, -0.2) is 0 Å². The average Bonchev–Trinajstić information content (AvgIpc) is 2.94. The summed E-state index contributed by atoms with van der Waals surface area (Å²) in [4.78, 5) is 14.5. The Bertz CT molecular complexity index is 710. The summed E-state index contributed by atoms with van der Waals surface area (Å²) in [5, 5.41) is 4.25. The number of amides is 1. The molecule has 0 aliphatic carbocycles. The monoisotopic (exact) mass is 379 g/mol. The van der Waals surface area contributed by atoms with Crippen molar-refractivity contribution in [3.05, 3.63) is 40.6 Å². The van der Waals surface area contributed by atoms with Gasteiger partial charge in [0.05, 0.1) is 30.5 Å². The topological polar surface area (TPSA) is 56.6 Å². The van der Waals surface area contributed by atoms with Crippen LogP contribution in [-0.2, 0) is 6.54 Å². The molecule has 3 rings (SSSR count). The molecule has 1 fully saturated rings. The number of benzene rings is 1. The molecule has 1 aromatic heterocycles. The van der Waals surface area contributed by atoms with E-state index in [-0.39, 0.29) is 5.91 Å². The lowest BCUT2D eigenvalue weighted by Gasteiger charge is -2.39. The minimum atomic E-state index is -0.0290. The Hall–Kier alpha value is -2.02. The predicted molar refractivity (Wildman–Crippen MR) is 88.9 cm³/mol. The molecule has 1 aliphatic heterocycles. The van der Waals surface area contributed by atoms with Crippen molar-refractivity contribution < 1.29 is 14.3 Å². The second-order valence-corrected chi connectivity index (χ2v) is 6.41. The molecule has 0 radical (unpaired) electrons. The normalized spacial score (nSPS) is 14.5. The first-order chi connectivity index (χ1) is 11.1. The maximum absolute atomic E-state index is 12.6. The van der Waals surface area contributed by atoms with E-state index in [1.54, 1.807) is 38.6 Å². The Labute approximate surface area is 143 Å². The zero-order chi connectivity index (χ0) is 16.4. The van der Waals surface area contributed by atoms with Crippen LogP contribution in [0.15, 0.2) is 35.1 Å². The Balaban J connectivity index is 1.65. The largest absolute Gasteiger partial charge is 0.493 e. The van der Waals surface area contributed by atoms with Gasteiger partial charge in [-0.1, -0.05) is 6.07 Å². The minimum Gasteiger partial charge on any atom is -0.493 e. The highest BCUT2D eigenvalue weighted by atomic mass is 79.9. The maximum Gasteiger partial charge on any atom is 0.257 e. The smallest absolute Gasteiger partial charge is 0.257 e. The van der Waals surface area contributed by atoms with E-state index >= 15 is 0 Å². The number of halogens is 1. The summed E-state index contributed by atoms with van der Waals surface area (Å²) in [7, 11) is 3.11.